The zero-order valence-corrected chi connectivity index (χ0v) is 42.4. The van der Waals surface area contributed by atoms with Gasteiger partial charge in [-0.15, -0.1) is 11.8 Å². The molecule has 10 unspecified atom stereocenters. The number of rotatable bonds is 8. The fourth-order valence-electron chi connectivity index (χ4n) is 14.7. The van der Waals surface area contributed by atoms with Crippen molar-refractivity contribution in [1.29, 1.82) is 0 Å². The molecule has 3 aliphatic heterocycles. The minimum atomic E-state index is -0.200. The molecule has 9 aliphatic carbocycles. The van der Waals surface area contributed by atoms with Crippen molar-refractivity contribution in [3.63, 3.8) is 0 Å². The van der Waals surface area contributed by atoms with Gasteiger partial charge in [-0.25, -0.2) is 4.99 Å². The molecular weight excluding hydrogens is 869 g/mol. The van der Waals surface area contributed by atoms with Crippen molar-refractivity contribution in [2.45, 2.75) is 139 Å². The largest absolute Gasteiger partial charge is 0.361 e. The van der Waals surface area contributed by atoms with Gasteiger partial charge in [0.2, 0.25) is 0 Å². The van der Waals surface area contributed by atoms with Crippen LogP contribution in [0.4, 0.5) is 0 Å². The summed E-state index contributed by atoms with van der Waals surface area (Å²) in [5, 5.41) is 4.70. The molecule has 13 rings (SSSR count). The van der Waals surface area contributed by atoms with Crippen LogP contribution >= 0.6 is 11.8 Å². The van der Waals surface area contributed by atoms with Crippen molar-refractivity contribution < 1.29 is 0 Å². The fourth-order valence-corrected chi connectivity index (χ4v) is 16.6. The van der Waals surface area contributed by atoms with Crippen molar-refractivity contribution in [2.24, 2.45) is 34.6 Å². The quantitative estimate of drug-likeness (QED) is 0.263. The minimum absolute atomic E-state index is 0.0562. The first-order chi connectivity index (χ1) is 34.6. The highest BCUT2D eigenvalue weighted by atomic mass is 32.2. The van der Waals surface area contributed by atoms with E-state index in [9.17, 15) is 0 Å². The third-order valence-corrected chi connectivity index (χ3v) is 19.7. The van der Waals surface area contributed by atoms with Crippen LogP contribution < -0.4 is 5.32 Å². The van der Waals surface area contributed by atoms with Crippen LogP contribution in [0.15, 0.2) is 189 Å². The first-order valence-corrected chi connectivity index (χ1v) is 28.5. The summed E-state index contributed by atoms with van der Waals surface area (Å²) >= 11 is 2.29. The summed E-state index contributed by atoms with van der Waals surface area (Å²) in [4.78, 5) is 13.1. The molecule has 3 heterocycles. The summed E-state index contributed by atoms with van der Waals surface area (Å²) in [6.07, 6.45) is 67.2. The van der Waals surface area contributed by atoms with Gasteiger partial charge < -0.3 is 9.80 Å². The smallest absolute Gasteiger partial charge is 0.130 e. The van der Waals surface area contributed by atoms with E-state index in [1.807, 2.05) is 5.57 Å². The zero-order valence-electron chi connectivity index (χ0n) is 41.6. The molecule has 0 aromatic heterocycles. The van der Waals surface area contributed by atoms with E-state index in [1.54, 1.807) is 21.7 Å². The van der Waals surface area contributed by atoms with E-state index in [0.29, 0.717) is 41.0 Å². The van der Waals surface area contributed by atoms with Crippen molar-refractivity contribution in [2.75, 3.05) is 7.05 Å². The standard InChI is InChI=1S/C65H72N4S/c1-42-20-15-16-29-49(42)65-67-63(66-64(68(65)2)45-25-11-5-12-26-45)57-41-47(56-40-46(43-21-7-3-8-22-43)34-36-50(56)44-23-9-4-10-24-44)35-37-51(57)52-31-19-32-53-54-38-39-59-60(62(54)70-61(52)53)55-30-17-18-33-58(55)69(59)48-27-13-6-14-28-48/h3,5,7,9,11,13,15-16,20-21,23-25,27,29-31,33-35,37,40-42,48-50,53,59-61,63-64,66H,4,6,8,10,12,14,17-19,22,26,28,32,36,38-39H2,1-2H3. The van der Waals surface area contributed by atoms with E-state index < -0.39 is 0 Å². The molecule has 0 amide bonds. The monoisotopic (exact) mass is 941 g/mol. The van der Waals surface area contributed by atoms with Gasteiger partial charge in [-0.2, -0.15) is 0 Å². The molecule has 1 saturated heterocycles. The van der Waals surface area contributed by atoms with Crippen LogP contribution in [-0.2, 0) is 0 Å². The Morgan fingerprint density at radius 2 is 1.61 bits per heavy atom. The maximum absolute atomic E-state index is 5.95. The van der Waals surface area contributed by atoms with Crippen LogP contribution in [0.5, 0.6) is 0 Å². The maximum Gasteiger partial charge on any atom is 0.130 e. The van der Waals surface area contributed by atoms with Gasteiger partial charge in [0.15, 0.2) is 0 Å². The van der Waals surface area contributed by atoms with Crippen molar-refractivity contribution in [3.05, 3.63) is 200 Å². The Morgan fingerprint density at radius 1 is 0.743 bits per heavy atom. The number of allylic oxidation sites excluding steroid dienone is 24. The Hall–Kier alpha value is -5.10. The van der Waals surface area contributed by atoms with Crippen molar-refractivity contribution in [3.8, 4) is 0 Å². The highest BCUT2D eigenvalue weighted by Gasteiger charge is 2.53. The number of nitrogens with one attached hydrogen (secondary N) is 1. The molecule has 1 N–H and O–H groups in total. The normalized spacial score (nSPS) is 34.3. The Bertz CT molecular complexity index is 2830. The molecule has 5 heteroatoms. The fraction of sp³-hybridized carbons (Fsp3) is 0.431. The number of amidine groups is 1. The molecule has 0 saturated carbocycles. The van der Waals surface area contributed by atoms with E-state index >= 15 is 0 Å². The molecule has 0 radical (unpaired) electrons. The second-order valence-electron chi connectivity index (χ2n) is 22.1. The van der Waals surface area contributed by atoms with Gasteiger partial charge in [0.1, 0.15) is 18.2 Å². The number of aliphatic imine (C=N–C) groups is 1. The molecule has 1 fully saturated rings. The molecule has 10 atom stereocenters. The Morgan fingerprint density at radius 3 is 2.44 bits per heavy atom. The topological polar surface area (TPSA) is 30.9 Å². The number of fused-ring (bicyclic) bond motifs is 6. The third-order valence-electron chi connectivity index (χ3n) is 18.1. The van der Waals surface area contributed by atoms with Gasteiger partial charge >= 0.3 is 0 Å². The van der Waals surface area contributed by atoms with Crippen molar-refractivity contribution >= 4 is 28.7 Å². The lowest BCUT2D eigenvalue weighted by Crippen LogP contribution is -2.55. The number of thioether (sulfide) groups is 1. The lowest BCUT2D eigenvalue weighted by atomic mass is 9.73. The number of hydrogen-bond acceptors (Lipinski definition) is 5. The Balaban J connectivity index is 0.935. The number of likely N-dealkylation sites (N-methyl/N-ethyl adjacent to an activating group) is 1. The van der Waals surface area contributed by atoms with E-state index in [2.05, 4.69) is 181 Å². The molecular formula is C65H72N4S. The zero-order chi connectivity index (χ0) is 46.7. The SMILES string of the molecule is CC1C=CC=CC1C1=NC(c2cc(C3=CC(C4=CC=CCC4)=CCC3C3=CCCC=C3)ccc2C2=CCCC3C4=C(SC23)C2C3=CCCC=C3N(C3C=CCCC3)C2CC4)NC(C2=CC=CCC2)N1C. The first-order valence-electron chi connectivity index (χ1n) is 27.6. The second-order valence-corrected chi connectivity index (χ2v) is 23.3. The minimum Gasteiger partial charge on any atom is -0.361 e. The summed E-state index contributed by atoms with van der Waals surface area (Å²) in [5.74, 6) is 3.20. The average molecular weight is 941 g/mol. The summed E-state index contributed by atoms with van der Waals surface area (Å²) in [5.41, 5.74) is 18.0. The number of benzene rings is 1. The van der Waals surface area contributed by atoms with E-state index in [-0.39, 0.29) is 18.2 Å². The molecule has 0 bridgehead atoms. The highest BCUT2D eigenvalue weighted by molar-refractivity contribution is 8.04. The second kappa shape index (κ2) is 19.1. The molecule has 0 spiro atoms. The van der Waals surface area contributed by atoms with Crippen LogP contribution in [0.1, 0.15) is 133 Å². The summed E-state index contributed by atoms with van der Waals surface area (Å²) in [6.45, 7) is 2.37. The van der Waals surface area contributed by atoms with Gasteiger partial charge in [-0.3, -0.25) is 5.32 Å². The van der Waals surface area contributed by atoms with Crippen LogP contribution in [-0.4, -0.2) is 46.2 Å². The molecule has 70 heavy (non-hydrogen) atoms. The number of nitrogens with zero attached hydrogens (tertiary/aromatic N) is 3. The van der Waals surface area contributed by atoms with Gasteiger partial charge in [-0.1, -0.05) is 146 Å². The van der Waals surface area contributed by atoms with Gasteiger partial charge in [0.25, 0.3) is 0 Å². The molecule has 1 aromatic rings. The predicted molar refractivity (Wildman–Crippen MR) is 295 cm³/mol. The number of hydrogen-bond donors (Lipinski definition) is 1. The Kier molecular flexibility index (Phi) is 12.3. The van der Waals surface area contributed by atoms with Crippen LogP contribution in [0, 0.1) is 29.6 Å². The van der Waals surface area contributed by atoms with Gasteiger partial charge in [0.05, 0.1) is 0 Å². The molecule has 4 nitrogen and oxygen atoms in total. The lowest BCUT2D eigenvalue weighted by Gasteiger charge is -2.44. The van der Waals surface area contributed by atoms with Crippen LogP contribution in [0.2, 0.25) is 0 Å². The predicted octanol–water partition coefficient (Wildman–Crippen LogP) is 15.5. The maximum atomic E-state index is 5.95. The summed E-state index contributed by atoms with van der Waals surface area (Å²) in [6, 6.07) is 8.83. The lowest BCUT2D eigenvalue weighted by molar-refractivity contribution is 0.198. The molecule has 358 valence electrons. The third kappa shape index (κ3) is 7.97. The number of likely N-dealkylation sites (tertiary alicyclic amines) is 1. The highest BCUT2D eigenvalue weighted by Crippen LogP contribution is 2.63. The van der Waals surface area contributed by atoms with E-state index in [0.717, 1.165) is 51.4 Å². The average Bonchev–Trinajstić information content (AvgIpc) is 3.98. The summed E-state index contributed by atoms with van der Waals surface area (Å²) in [7, 11) is 2.29. The van der Waals surface area contributed by atoms with Crippen molar-refractivity contribution in [1.82, 2.24) is 15.1 Å². The van der Waals surface area contributed by atoms with E-state index in [4.69, 9.17) is 4.99 Å². The van der Waals surface area contributed by atoms with Gasteiger partial charge in [-0.05, 0) is 181 Å². The van der Waals surface area contributed by atoms with Gasteiger partial charge in [0, 0.05) is 47.8 Å². The molecule has 1 aromatic carbocycles. The van der Waals surface area contributed by atoms with Crippen LogP contribution in [0.25, 0.3) is 11.1 Å². The molecule has 12 aliphatic rings. The Labute approximate surface area is 423 Å². The first kappa shape index (κ1) is 44.8. The summed E-state index contributed by atoms with van der Waals surface area (Å²) < 4.78 is 0. The van der Waals surface area contributed by atoms with Crippen LogP contribution in [0.3, 0.4) is 0 Å². The van der Waals surface area contributed by atoms with E-state index in [1.165, 1.54) is 102 Å².